The van der Waals surface area contributed by atoms with E-state index in [9.17, 15) is 14.7 Å². The molecule has 0 saturated carbocycles. The van der Waals surface area contributed by atoms with Crippen molar-refractivity contribution in [2.24, 2.45) is 0 Å². The molecule has 1 saturated heterocycles. The van der Waals surface area contributed by atoms with Crippen LogP contribution in [-0.4, -0.2) is 28.0 Å². The summed E-state index contributed by atoms with van der Waals surface area (Å²) in [6.45, 7) is 5.05. The van der Waals surface area contributed by atoms with E-state index in [0.717, 1.165) is 4.90 Å². The molecule has 0 aromatic rings. The van der Waals surface area contributed by atoms with Gasteiger partial charge in [0.1, 0.15) is 0 Å². The third kappa shape index (κ3) is 1.38. The van der Waals surface area contributed by atoms with Crippen LogP contribution < -0.4 is 0 Å². The average molecular weight is 169 g/mol. The second-order valence-corrected chi connectivity index (χ2v) is 2.88. The Morgan fingerprint density at radius 2 is 1.92 bits per heavy atom. The summed E-state index contributed by atoms with van der Waals surface area (Å²) in [6.07, 6.45) is -0.751. The second kappa shape index (κ2) is 3.06. The molecule has 0 radical (unpaired) electrons. The first-order chi connectivity index (χ1) is 5.54. The van der Waals surface area contributed by atoms with Crippen LogP contribution in [0.5, 0.6) is 0 Å². The molecular formula is C8H11NO3. The molecule has 0 bridgehead atoms. The van der Waals surface area contributed by atoms with Crippen LogP contribution in [0.25, 0.3) is 0 Å². The summed E-state index contributed by atoms with van der Waals surface area (Å²) in [5, 5.41) is 9.35. The second-order valence-electron chi connectivity index (χ2n) is 2.88. The van der Waals surface area contributed by atoms with Gasteiger partial charge in [0.25, 0.3) is 0 Å². The maximum absolute atomic E-state index is 11.0. The Morgan fingerprint density at radius 3 is 2.25 bits per heavy atom. The maximum atomic E-state index is 11.0. The highest BCUT2D eigenvalue weighted by molar-refractivity contribution is 6.02. The van der Waals surface area contributed by atoms with Crippen molar-refractivity contribution >= 4 is 11.8 Å². The SMILES string of the molecule is C=C(C)C(O)N1C(=O)CCC1=O. The van der Waals surface area contributed by atoms with Crippen LogP contribution in [-0.2, 0) is 9.59 Å². The minimum atomic E-state index is -1.15. The lowest BCUT2D eigenvalue weighted by molar-refractivity contribution is -0.146. The highest BCUT2D eigenvalue weighted by Crippen LogP contribution is 2.17. The van der Waals surface area contributed by atoms with E-state index in [2.05, 4.69) is 6.58 Å². The fourth-order valence-corrected chi connectivity index (χ4v) is 1.09. The summed E-state index contributed by atoms with van der Waals surface area (Å²) in [4.78, 5) is 22.9. The van der Waals surface area contributed by atoms with Crippen LogP contribution in [0.1, 0.15) is 19.8 Å². The Hall–Kier alpha value is -1.16. The van der Waals surface area contributed by atoms with Gasteiger partial charge < -0.3 is 5.11 Å². The number of hydrogen-bond donors (Lipinski definition) is 1. The number of likely N-dealkylation sites (tertiary alicyclic amines) is 1. The van der Waals surface area contributed by atoms with E-state index in [4.69, 9.17) is 0 Å². The molecule has 4 heteroatoms. The monoisotopic (exact) mass is 169 g/mol. The number of aliphatic hydroxyl groups excluding tert-OH is 1. The standard InChI is InChI=1S/C8H11NO3/c1-5(2)8(12)9-6(10)3-4-7(9)11/h8,12H,1,3-4H2,2H3. The molecule has 1 aliphatic heterocycles. The molecule has 12 heavy (non-hydrogen) atoms. The van der Waals surface area contributed by atoms with E-state index in [0.29, 0.717) is 5.57 Å². The van der Waals surface area contributed by atoms with Gasteiger partial charge >= 0.3 is 0 Å². The molecule has 4 nitrogen and oxygen atoms in total. The van der Waals surface area contributed by atoms with Crippen LogP contribution in [0.3, 0.4) is 0 Å². The van der Waals surface area contributed by atoms with Gasteiger partial charge in [-0.3, -0.25) is 14.5 Å². The van der Waals surface area contributed by atoms with Gasteiger partial charge in [-0.05, 0) is 12.5 Å². The summed E-state index contributed by atoms with van der Waals surface area (Å²) in [7, 11) is 0. The van der Waals surface area contributed by atoms with E-state index >= 15 is 0 Å². The van der Waals surface area contributed by atoms with Crippen molar-refractivity contribution in [2.45, 2.75) is 26.0 Å². The molecule has 0 aromatic carbocycles. The predicted octanol–water partition coefficient (Wildman–Crippen LogP) is 0.0299. The maximum Gasteiger partial charge on any atom is 0.232 e. The summed E-state index contributed by atoms with van der Waals surface area (Å²) in [6, 6.07) is 0. The molecule has 1 aliphatic rings. The van der Waals surface area contributed by atoms with E-state index in [1.807, 2.05) is 0 Å². The van der Waals surface area contributed by atoms with Crippen molar-refractivity contribution in [3.63, 3.8) is 0 Å². The Labute approximate surface area is 70.5 Å². The molecule has 0 aromatic heterocycles. The summed E-state index contributed by atoms with van der Waals surface area (Å²) < 4.78 is 0. The van der Waals surface area contributed by atoms with E-state index in [1.165, 1.54) is 0 Å². The highest BCUT2D eigenvalue weighted by atomic mass is 16.3. The zero-order chi connectivity index (χ0) is 9.30. The highest BCUT2D eigenvalue weighted by Gasteiger charge is 2.34. The molecule has 1 rings (SSSR count). The molecule has 0 aliphatic carbocycles. The van der Waals surface area contributed by atoms with Gasteiger partial charge in [-0.15, -0.1) is 0 Å². The Balaban J connectivity index is 2.79. The third-order valence-electron chi connectivity index (χ3n) is 1.78. The fraction of sp³-hybridized carbons (Fsp3) is 0.500. The summed E-state index contributed by atoms with van der Waals surface area (Å²) in [5.74, 6) is -0.647. The number of carbonyl (C=O) groups is 2. The summed E-state index contributed by atoms with van der Waals surface area (Å²) >= 11 is 0. The van der Waals surface area contributed by atoms with E-state index in [-0.39, 0.29) is 24.7 Å². The zero-order valence-electron chi connectivity index (χ0n) is 6.91. The molecule has 1 heterocycles. The first kappa shape index (κ1) is 8.93. The topological polar surface area (TPSA) is 57.6 Å². The summed E-state index contributed by atoms with van der Waals surface area (Å²) in [5.41, 5.74) is 0.401. The first-order valence-corrected chi connectivity index (χ1v) is 3.72. The molecule has 1 fully saturated rings. The lowest BCUT2D eigenvalue weighted by Crippen LogP contribution is -2.39. The van der Waals surface area contributed by atoms with Crippen molar-refractivity contribution in [2.75, 3.05) is 0 Å². The first-order valence-electron chi connectivity index (χ1n) is 3.72. The average Bonchev–Trinajstić information content (AvgIpc) is 2.30. The van der Waals surface area contributed by atoms with E-state index in [1.54, 1.807) is 6.92 Å². The molecule has 0 spiro atoms. The van der Waals surface area contributed by atoms with Gasteiger partial charge in [0.15, 0.2) is 6.23 Å². The van der Waals surface area contributed by atoms with Gasteiger partial charge in [-0.1, -0.05) is 6.58 Å². The lowest BCUT2D eigenvalue weighted by atomic mass is 10.3. The number of carbonyl (C=O) groups excluding carboxylic acids is 2. The molecule has 66 valence electrons. The minimum absolute atomic E-state index is 0.198. The Morgan fingerprint density at radius 1 is 1.50 bits per heavy atom. The lowest BCUT2D eigenvalue weighted by Gasteiger charge is -2.20. The van der Waals surface area contributed by atoms with Crippen molar-refractivity contribution in [3.8, 4) is 0 Å². The van der Waals surface area contributed by atoms with Crippen LogP contribution in [0.2, 0.25) is 0 Å². The van der Waals surface area contributed by atoms with Gasteiger partial charge in [0.2, 0.25) is 11.8 Å². The number of rotatable bonds is 2. The Kier molecular flexibility index (Phi) is 2.28. The van der Waals surface area contributed by atoms with Crippen LogP contribution in [0.15, 0.2) is 12.2 Å². The molecule has 1 atom stereocenters. The number of amides is 2. The predicted molar refractivity (Wildman–Crippen MR) is 41.9 cm³/mol. The van der Waals surface area contributed by atoms with Crippen molar-refractivity contribution < 1.29 is 14.7 Å². The Bertz CT molecular complexity index is 231. The third-order valence-corrected chi connectivity index (χ3v) is 1.78. The van der Waals surface area contributed by atoms with Gasteiger partial charge in [0, 0.05) is 12.8 Å². The molecule has 1 unspecified atom stereocenters. The smallest absolute Gasteiger partial charge is 0.232 e. The van der Waals surface area contributed by atoms with Crippen LogP contribution in [0, 0.1) is 0 Å². The van der Waals surface area contributed by atoms with Crippen molar-refractivity contribution in [1.29, 1.82) is 0 Å². The van der Waals surface area contributed by atoms with Crippen molar-refractivity contribution in [1.82, 2.24) is 4.90 Å². The minimum Gasteiger partial charge on any atom is -0.369 e. The van der Waals surface area contributed by atoms with E-state index < -0.39 is 6.23 Å². The molecule has 1 N–H and O–H groups in total. The van der Waals surface area contributed by atoms with Gasteiger partial charge in [0.05, 0.1) is 0 Å². The normalized spacial score (nSPS) is 20.0. The number of aliphatic hydroxyl groups is 1. The fourth-order valence-electron chi connectivity index (χ4n) is 1.09. The number of hydrogen-bond acceptors (Lipinski definition) is 3. The van der Waals surface area contributed by atoms with Crippen LogP contribution in [0.4, 0.5) is 0 Å². The van der Waals surface area contributed by atoms with Gasteiger partial charge in [-0.25, -0.2) is 0 Å². The zero-order valence-corrected chi connectivity index (χ0v) is 6.91. The number of nitrogens with zero attached hydrogens (tertiary/aromatic N) is 1. The van der Waals surface area contributed by atoms with Crippen LogP contribution >= 0.6 is 0 Å². The number of imide groups is 1. The molecular weight excluding hydrogens is 158 g/mol. The van der Waals surface area contributed by atoms with Gasteiger partial charge in [-0.2, -0.15) is 0 Å². The molecule has 2 amide bonds. The quantitative estimate of drug-likeness (QED) is 0.468. The largest absolute Gasteiger partial charge is 0.369 e. The van der Waals surface area contributed by atoms with Crippen molar-refractivity contribution in [3.05, 3.63) is 12.2 Å².